The van der Waals surface area contributed by atoms with E-state index in [-0.39, 0.29) is 5.56 Å². The Balaban J connectivity index is 0.000000364. The third-order valence-corrected chi connectivity index (χ3v) is 1.16. The van der Waals surface area contributed by atoms with Crippen molar-refractivity contribution >= 4 is 22.9 Å². The van der Waals surface area contributed by atoms with Crippen molar-refractivity contribution in [2.75, 3.05) is 5.73 Å². The van der Waals surface area contributed by atoms with Crippen molar-refractivity contribution in [3.63, 3.8) is 0 Å². The Morgan fingerprint density at radius 1 is 1.36 bits per heavy atom. The minimum absolute atomic E-state index is 0.259. The first-order valence-corrected chi connectivity index (χ1v) is 4.49. The molecule has 0 saturated heterocycles. The lowest BCUT2D eigenvalue weighted by atomic mass is 10.2. The second kappa shape index (κ2) is 6.08. The van der Waals surface area contributed by atoms with Gasteiger partial charge in [-0.1, -0.05) is 0 Å². The van der Waals surface area contributed by atoms with Crippen LogP contribution in [0.3, 0.4) is 0 Å². The molecule has 6 nitrogen and oxygen atoms in total. The molecule has 1 rings (SSSR count). The Morgan fingerprint density at radius 2 is 1.71 bits per heavy atom. The zero-order valence-electron chi connectivity index (χ0n) is 7.04. The maximum Gasteiger partial charge on any atom is 0.335 e. The van der Waals surface area contributed by atoms with Crippen LogP contribution in [0.1, 0.15) is 10.4 Å². The largest absolute Gasteiger partial charge is 0.760 e. The average Bonchev–Trinajstić information content (AvgIpc) is 2.03. The molecule has 78 valence electrons. The number of carbonyl (C=O) groups is 1. The highest BCUT2D eigenvalue weighted by Gasteiger charge is 1.98. The number of nitrogen functional groups attached to an aromatic ring is 1. The van der Waals surface area contributed by atoms with Crippen molar-refractivity contribution in [1.82, 2.24) is 0 Å². The molecule has 0 spiro atoms. The molecule has 0 radical (unpaired) electrons. The highest BCUT2D eigenvalue weighted by atomic mass is 32.2. The molecule has 1 aromatic carbocycles. The van der Waals surface area contributed by atoms with Crippen molar-refractivity contribution in [3.8, 4) is 0 Å². The first kappa shape index (κ1) is 12.6. The lowest BCUT2D eigenvalue weighted by Gasteiger charge is -1.93. The summed E-state index contributed by atoms with van der Waals surface area (Å²) in [5.74, 6) is -0.931. The average molecular weight is 217 g/mol. The predicted octanol–water partition coefficient (Wildman–Crippen LogP) is -0.294. The van der Waals surface area contributed by atoms with Crippen LogP contribution < -0.4 is 10.9 Å². The van der Waals surface area contributed by atoms with E-state index in [2.05, 4.69) is 5.14 Å². The summed E-state index contributed by atoms with van der Waals surface area (Å²) in [5.41, 5.74) is 6.17. The van der Waals surface area contributed by atoms with Crippen LogP contribution in [0.2, 0.25) is 0 Å². The monoisotopic (exact) mass is 217 g/mol. The quantitative estimate of drug-likeness (QED) is 0.439. The van der Waals surface area contributed by atoms with Crippen molar-refractivity contribution in [2.24, 2.45) is 5.14 Å². The van der Waals surface area contributed by atoms with Crippen molar-refractivity contribution in [2.45, 2.75) is 0 Å². The Labute approximate surface area is 83.0 Å². The van der Waals surface area contributed by atoms with E-state index in [0.29, 0.717) is 5.69 Å². The Kier molecular flexibility index (Phi) is 5.46. The SMILES string of the molecule is NS(=O)[O-].Nc1ccc(C(=O)O)cc1. The fraction of sp³-hybridized carbons (Fsp3) is 0. The number of benzene rings is 1. The number of carboxylic acid groups (broad SMARTS) is 1. The van der Waals surface area contributed by atoms with E-state index in [1.54, 1.807) is 12.1 Å². The fourth-order valence-corrected chi connectivity index (χ4v) is 0.626. The summed E-state index contributed by atoms with van der Waals surface area (Å²) in [6.45, 7) is 0. The molecule has 7 heteroatoms. The highest BCUT2D eigenvalue weighted by Crippen LogP contribution is 2.04. The smallest absolute Gasteiger partial charge is 0.335 e. The summed E-state index contributed by atoms with van der Waals surface area (Å²) in [6.07, 6.45) is 0. The molecule has 0 amide bonds. The van der Waals surface area contributed by atoms with Crippen molar-refractivity contribution in [3.05, 3.63) is 29.8 Å². The van der Waals surface area contributed by atoms with Gasteiger partial charge >= 0.3 is 5.97 Å². The van der Waals surface area contributed by atoms with E-state index >= 15 is 0 Å². The lowest BCUT2D eigenvalue weighted by Crippen LogP contribution is -1.97. The minimum Gasteiger partial charge on any atom is -0.760 e. The zero-order valence-corrected chi connectivity index (χ0v) is 7.86. The molecule has 0 heterocycles. The third-order valence-electron chi connectivity index (χ3n) is 1.16. The highest BCUT2D eigenvalue weighted by molar-refractivity contribution is 7.76. The first-order valence-electron chi connectivity index (χ1n) is 3.36. The standard InChI is InChI=1S/C7H7NO2.H3NO2S/c8-6-3-1-5(2-4-6)7(9)10;1-4(2)3/h1-4H,8H2,(H,9,10);1H2,(H,2,3)/p-1. The number of aromatic carboxylic acids is 1. The molecule has 1 unspecified atom stereocenters. The summed E-state index contributed by atoms with van der Waals surface area (Å²) in [4.78, 5) is 10.3. The van der Waals surface area contributed by atoms with E-state index in [0.717, 1.165) is 0 Å². The number of rotatable bonds is 1. The van der Waals surface area contributed by atoms with E-state index in [1.165, 1.54) is 12.1 Å². The summed E-state index contributed by atoms with van der Waals surface area (Å²) < 4.78 is 17.6. The van der Waals surface area contributed by atoms with Crippen LogP contribution in [0.4, 0.5) is 5.69 Å². The summed E-state index contributed by atoms with van der Waals surface area (Å²) >= 11 is -2.36. The molecule has 0 aliphatic heterocycles. The van der Waals surface area contributed by atoms with Gasteiger partial charge in [-0.15, -0.1) is 0 Å². The molecule has 0 fully saturated rings. The Morgan fingerprint density at radius 3 is 2.00 bits per heavy atom. The van der Waals surface area contributed by atoms with Gasteiger partial charge < -0.3 is 15.4 Å². The van der Waals surface area contributed by atoms with Crippen LogP contribution in [0, 0.1) is 0 Å². The van der Waals surface area contributed by atoms with Crippen molar-refractivity contribution < 1.29 is 18.7 Å². The number of nitrogens with two attached hydrogens (primary N) is 2. The molecule has 0 aromatic heterocycles. The predicted molar refractivity (Wildman–Crippen MR) is 50.9 cm³/mol. The maximum absolute atomic E-state index is 10.3. The minimum atomic E-state index is -2.36. The molecular formula is C7H9N2O4S-. The summed E-state index contributed by atoms with van der Waals surface area (Å²) in [6, 6.07) is 6.06. The Hall–Kier alpha value is -1.44. The van der Waals surface area contributed by atoms with E-state index in [1.807, 2.05) is 0 Å². The number of carboxylic acids is 1. The van der Waals surface area contributed by atoms with Gasteiger partial charge in [0.2, 0.25) is 0 Å². The molecule has 0 aliphatic carbocycles. The topological polar surface area (TPSA) is 129 Å². The fourth-order valence-electron chi connectivity index (χ4n) is 0.626. The van der Waals surface area contributed by atoms with Gasteiger partial charge in [0.25, 0.3) is 0 Å². The summed E-state index contributed by atoms with van der Waals surface area (Å²) in [7, 11) is 0. The van der Waals surface area contributed by atoms with Crippen LogP contribution in [0.25, 0.3) is 0 Å². The van der Waals surface area contributed by atoms with Crippen LogP contribution in [-0.2, 0) is 11.3 Å². The van der Waals surface area contributed by atoms with Crippen LogP contribution in [0.15, 0.2) is 24.3 Å². The van der Waals surface area contributed by atoms with E-state index in [9.17, 15) is 4.79 Å². The van der Waals surface area contributed by atoms with E-state index < -0.39 is 17.2 Å². The van der Waals surface area contributed by atoms with E-state index in [4.69, 9.17) is 19.6 Å². The second-order valence-electron chi connectivity index (χ2n) is 2.19. The van der Waals surface area contributed by atoms with Crippen LogP contribution in [-0.4, -0.2) is 19.8 Å². The van der Waals surface area contributed by atoms with Gasteiger partial charge in [-0.2, -0.15) is 0 Å². The van der Waals surface area contributed by atoms with Gasteiger partial charge in [0.05, 0.1) is 5.56 Å². The zero-order chi connectivity index (χ0) is 11.1. The summed E-state index contributed by atoms with van der Waals surface area (Å²) in [5, 5.41) is 12.5. The number of anilines is 1. The van der Waals surface area contributed by atoms with Crippen LogP contribution in [0.5, 0.6) is 0 Å². The van der Waals surface area contributed by atoms with Gasteiger partial charge in [-0.25, -0.2) is 4.79 Å². The molecule has 1 atom stereocenters. The second-order valence-corrected chi connectivity index (χ2v) is 2.71. The molecule has 0 bridgehead atoms. The normalized spacial score (nSPS) is 11.0. The van der Waals surface area contributed by atoms with Gasteiger partial charge in [0.15, 0.2) is 0 Å². The molecule has 5 N–H and O–H groups in total. The van der Waals surface area contributed by atoms with Gasteiger partial charge in [0, 0.05) is 17.0 Å². The lowest BCUT2D eigenvalue weighted by molar-refractivity contribution is 0.0697. The van der Waals surface area contributed by atoms with Crippen LogP contribution >= 0.6 is 0 Å². The molecular weight excluding hydrogens is 208 g/mol. The Bertz CT molecular complexity index is 321. The molecule has 0 saturated carbocycles. The molecule has 0 aliphatic rings. The maximum atomic E-state index is 10.3. The number of hydrogen-bond acceptors (Lipinski definition) is 4. The van der Waals surface area contributed by atoms with Crippen molar-refractivity contribution in [1.29, 1.82) is 0 Å². The van der Waals surface area contributed by atoms with Gasteiger partial charge in [-0.3, -0.25) is 9.35 Å². The first-order chi connectivity index (χ1) is 6.43. The van der Waals surface area contributed by atoms with Gasteiger partial charge in [-0.05, 0) is 24.3 Å². The number of hydrogen-bond donors (Lipinski definition) is 3. The third kappa shape index (κ3) is 6.12. The van der Waals surface area contributed by atoms with Gasteiger partial charge in [0.1, 0.15) is 0 Å². The molecule has 1 aromatic rings. The molecule has 14 heavy (non-hydrogen) atoms.